The maximum Gasteiger partial charge on any atom is 0.286 e. The molecule has 1 fully saturated rings. The van der Waals surface area contributed by atoms with Crippen LogP contribution in [0.4, 0.5) is 5.69 Å². The number of nitrogens with zero attached hydrogens (tertiary/aromatic N) is 4. The van der Waals surface area contributed by atoms with Gasteiger partial charge in [0.2, 0.25) is 0 Å². The highest BCUT2D eigenvalue weighted by Gasteiger charge is 2.21. The number of hydrogen-bond acceptors (Lipinski definition) is 6. The highest BCUT2D eigenvalue weighted by molar-refractivity contribution is 5.63. The number of fused-ring (bicyclic) bond motifs is 1. The molecule has 3 aromatic heterocycles. The minimum Gasteiger partial charge on any atom is -0.463 e. The minimum atomic E-state index is -0.383. The molecule has 0 spiro atoms. The lowest BCUT2D eigenvalue weighted by atomic mass is 10.2. The molecule has 0 bridgehead atoms. The number of rotatable bonds is 4. The molecule has 130 valence electrons. The number of hydrogen-bond donors (Lipinski definition) is 1. The van der Waals surface area contributed by atoms with E-state index in [9.17, 15) is 10.1 Å². The van der Waals surface area contributed by atoms with Gasteiger partial charge < -0.3 is 9.73 Å². The Hall–Kier alpha value is -2.71. The molecule has 1 aliphatic heterocycles. The normalized spacial score (nSPS) is 16.2. The van der Waals surface area contributed by atoms with Crippen molar-refractivity contribution in [2.75, 3.05) is 26.2 Å². The van der Waals surface area contributed by atoms with E-state index in [1.54, 1.807) is 18.5 Å². The van der Waals surface area contributed by atoms with Gasteiger partial charge in [0, 0.05) is 25.7 Å². The molecular weight excluding hydrogens is 322 g/mol. The van der Waals surface area contributed by atoms with Crippen LogP contribution in [0.25, 0.3) is 17.1 Å². The second-order valence-electron chi connectivity index (χ2n) is 6.14. The molecule has 0 radical (unpaired) electrons. The molecular formula is C17H19N5O3. The van der Waals surface area contributed by atoms with E-state index in [2.05, 4.69) is 15.2 Å². The van der Waals surface area contributed by atoms with Crippen molar-refractivity contribution in [2.45, 2.75) is 13.0 Å². The zero-order chi connectivity index (χ0) is 17.2. The average molecular weight is 341 g/mol. The highest BCUT2D eigenvalue weighted by atomic mass is 16.6. The molecule has 1 saturated heterocycles. The predicted octanol–water partition coefficient (Wildman–Crippen LogP) is 2.30. The summed E-state index contributed by atoms with van der Waals surface area (Å²) >= 11 is 0. The SMILES string of the molecule is O=[N+]([O-])c1ccc2nc(-c3ccco3)c(CN3CCCNCC3)n2c1. The van der Waals surface area contributed by atoms with E-state index >= 15 is 0 Å². The van der Waals surface area contributed by atoms with Crippen LogP contribution < -0.4 is 5.32 Å². The Balaban J connectivity index is 1.80. The van der Waals surface area contributed by atoms with Crippen LogP contribution in [0, 0.1) is 10.1 Å². The minimum absolute atomic E-state index is 0.0506. The summed E-state index contributed by atoms with van der Waals surface area (Å²) in [5.41, 5.74) is 2.38. The zero-order valence-electron chi connectivity index (χ0n) is 13.7. The van der Waals surface area contributed by atoms with E-state index in [0.717, 1.165) is 44.0 Å². The third-order valence-electron chi connectivity index (χ3n) is 4.47. The summed E-state index contributed by atoms with van der Waals surface area (Å²) in [6.07, 6.45) is 4.23. The number of nitrogens with one attached hydrogen (secondary N) is 1. The fourth-order valence-corrected chi connectivity index (χ4v) is 3.22. The van der Waals surface area contributed by atoms with Gasteiger partial charge in [-0.05, 0) is 37.7 Å². The standard InChI is InChI=1S/C17H19N5O3/c23-22(24)13-4-5-16-19-17(15-3-1-10-25-15)14(21(16)11-13)12-20-8-2-6-18-7-9-20/h1,3-5,10-11,18H,2,6-9,12H2. The smallest absolute Gasteiger partial charge is 0.286 e. The van der Waals surface area contributed by atoms with Gasteiger partial charge in [-0.15, -0.1) is 0 Å². The summed E-state index contributed by atoms with van der Waals surface area (Å²) in [5.74, 6) is 0.675. The molecule has 4 rings (SSSR count). The maximum atomic E-state index is 11.2. The predicted molar refractivity (Wildman–Crippen MR) is 92.3 cm³/mol. The van der Waals surface area contributed by atoms with Crippen molar-refractivity contribution in [1.29, 1.82) is 0 Å². The van der Waals surface area contributed by atoms with Crippen molar-refractivity contribution in [1.82, 2.24) is 19.6 Å². The van der Waals surface area contributed by atoms with E-state index in [0.29, 0.717) is 18.0 Å². The Morgan fingerprint density at radius 1 is 1.28 bits per heavy atom. The summed E-state index contributed by atoms with van der Waals surface area (Å²) in [4.78, 5) is 17.8. The fraction of sp³-hybridized carbons (Fsp3) is 0.353. The maximum absolute atomic E-state index is 11.2. The van der Waals surface area contributed by atoms with Gasteiger partial charge in [0.25, 0.3) is 5.69 Å². The van der Waals surface area contributed by atoms with Gasteiger partial charge in [-0.1, -0.05) is 0 Å². The average Bonchev–Trinajstić information content (AvgIpc) is 3.17. The van der Waals surface area contributed by atoms with Crippen LogP contribution in [-0.4, -0.2) is 45.4 Å². The fourth-order valence-electron chi connectivity index (χ4n) is 3.22. The first-order valence-electron chi connectivity index (χ1n) is 8.35. The van der Waals surface area contributed by atoms with Crippen molar-refractivity contribution < 1.29 is 9.34 Å². The van der Waals surface area contributed by atoms with Crippen LogP contribution in [-0.2, 0) is 6.54 Å². The first-order valence-corrected chi connectivity index (χ1v) is 8.35. The second kappa shape index (κ2) is 6.66. The van der Waals surface area contributed by atoms with E-state index in [1.807, 2.05) is 16.5 Å². The largest absolute Gasteiger partial charge is 0.463 e. The van der Waals surface area contributed by atoms with Gasteiger partial charge in [0.1, 0.15) is 11.3 Å². The van der Waals surface area contributed by atoms with Crippen LogP contribution in [0.1, 0.15) is 12.1 Å². The number of furan rings is 1. The molecule has 0 saturated carbocycles. The van der Waals surface area contributed by atoms with Gasteiger partial charge in [0.15, 0.2) is 5.76 Å². The third-order valence-corrected chi connectivity index (χ3v) is 4.47. The molecule has 8 heteroatoms. The summed E-state index contributed by atoms with van der Waals surface area (Å²) in [6, 6.07) is 6.84. The Kier molecular flexibility index (Phi) is 4.21. The Morgan fingerprint density at radius 2 is 2.20 bits per heavy atom. The van der Waals surface area contributed by atoms with E-state index in [-0.39, 0.29) is 10.6 Å². The molecule has 0 amide bonds. The number of pyridine rings is 1. The van der Waals surface area contributed by atoms with Crippen molar-refractivity contribution in [2.24, 2.45) is 0 Å². The van der Waals surface area contributed by atoms with Crippen molar-refractivity contribution in [3.8, 4) is 11.5 Å². The molecule has 3 aromatic rings. The number of aromatic nitrogens is 2. The Morgan fingerprint density at radius 3 is 3.00 bits per heavy atom. The summed E-state index contributed by atoms with van der Waals surface area (Å²) in [5, 5.41) is 14.5. The molecule has 0 unspecified atom stereocenters. The van der Waals surface area contributed by atoms with E-state index < -0.39 is 0 Å². The lowest BCUT2D eigenvalue weighted by Gasteiger charge is -2.19. The summed E-state index contributed by atoms with van der Waals surface area (Å²) in [7, 11) is 0. The van der Waals surface area contributed by atoms with Crippen molar-refractivity contribution >= 4 is 11.3 Å². The summed E-state index contributed by atoms with van der Waals surface area (Å²) < 4.78 is 7.35. The zero-order valence-corrected chi connectivity index (χ0v) is 13.7. The van der Waals surface area contributed by atoms with Crippen molar-refractivity contribution in [3.05, 3.63) is 52.5 Å². The molecule has 0 atom stereocenters. The van der Waals surface area contributed by atoms with Crippen LogP contribution >= 0.6 is 0 Å². The van der Waals surface area contributed by atoms with Gasteiger partial charge >= 0.3 is 0 Å². The Bertz CT molecular complexity index is 879. The summed E-state index contributed by atoms with van der Waals surface area (Å²) in [6.45, 7) is 4.53. The quantitative estimate of drug-likeness (QED) is 0.578. The van der Waals surface area contributed by atoms with Crippen LogP contribution in [0.3, 0.4) is 0 Å². The second-order valence-corrected chi connectivity index (χ2v) is 6.14. The van der Waals surface area contributed by atoms with E-state index in [4.69, 9.17) is 4.42 Å². The lowest BCUT2D eigenvalue weighted by Crippen LogP contribution is -2.28. The molecule has 0 aromatic carbocycles. The number of imidazole rings is 1. The van der Waals surface area contributed by atoms with Gasteiger partial charge in [-0.3, -0.25) is 19.4 Å². The van der Waals surface area contributed by atoms with Gasteiger partial charge in [-0.25, -0.2) is 4.98 Å². The van der Waals surface area contributed by atoms with Crippen LogP contribution in [0.5, 0.6) is 0 Å². The molecule has 1 N–H and O–H groups in total. The molecule has 1 aliphatic rings. The number of nitro groups is 1. The topological polar surface area (TPSA) is 88.8 Å². The van der Waals surface area contributed by atoms with Crippen LogP contribution in [0.15, 0.2) is 41.1 Å². The van der Waals surface area contributed by atoms with Crippen molar-refractivity contribution in [3.63, 3.8) is 0 Å². The lowest BCUT2D eigenvalue weighted by molar-refractivity contribution is -0.385. The molecule has 25 heavy (non-hydrogen) atoms. The molecule has 4 heterocycles. The van der Waals surface area contributed by atoms with Crippen LogP contribution in [0.2, 0.25) is 0 Å². The Labute approximate surface area is 144 Å². The molecule has 8 nitrogen and oxygen atoms in total. The van der Waals surface area contributed by atoms with Gasteiger partial charge in [0.05, 0.1) is 23.1 Å². The highest BCUT2D eigenvalue weighted by Crippen LogP contribution is 2.27. The first kappa shape index (κ1) is 15.8. The first-order chi connectivity index (χ1) is 12.2. The van der Waals surface area contributed by atoms with E-state index in [1.165, 1.54) is 6.07 Å². The van der Waals surface area contributed by atoms with Gasteiger partial charge in [-0.2, -0.15) is 0 Å². The third kappa shape index (κ3) is 3.13. The molecule has 0 aliphatic carbocycles. The monoisotopic (exact) mass is 341 g/mol.